The summed E-state index contributed by atoms with van der Waals surface area (Å²) in [7, 11) is 0. The van der Waals surface area contributed by atoms with Crippen LogP contribution in [0.3, 0.4) is 0 Å². The third kappa shape index (κ3) is 2.16. The van der Waals surface area contributed by atoms with Crippen molar-refractivity contribution in [1.82, 2.24) is 4.98 Å². The molecule has 0 radical (unpaired) electrons. The smallest absolute Gasteiger partial charge is 0.272 e. The molecule has 2 aromatic carbocycles. The van der Waals surface area contributed by atoms with Crippen LogP contribution >= 0.6 is 0 Å². The Bertz CT molecular complexity index is 883. The molecule has 0 saturated carbocycles. The molecule has 0 spiro atoms. The number of benzene rings is 2. The molecular formula is C17H14N2O3. The molecular weight excluding hydrogens is 280 g/mol. The Kier molecular flexibility index (Phi) is 2.79. The maximum absolute atomic E-state index is 12.4. The van der Waals surface area contributed by atoms with Gasteiger partial charge in [0, 0.05) is 22.7 Å². The van der Waals surface area contributed by atoms with E-state index in [0.29, 0.717) is 22.9 Å². The molecule has 5 heteroatoms. The summed E-state index contributed by atoms with van der Waals surface area (Å²) in [6.45, 7) is 2.24. The van der Waals surface area contributed by atoms with Gasteiger partial charge in [0.1, 0.15) is 5.69 Å². The molecule has 1 aromatic heterocycles. The Balaban J connectivity index is 1.60. The molecule has 2 heterocycles. The zero-order valence-corrected chi connectivity index (χ0v) is 12.0. The van der Waals surface area contributed by atoms with E-state index in [9.17, 15) is 4.79 Å². The van der Waals surface area contributed by atoms with E-state index in [1.54, 1.807) is 18.2 Å². The van der Waals surface area contributed by atoms with Crippen LogP contribution in [0.25, 0.3) is 10.9 Å². The highest BCUT2D eigenvalue weighted by molar-refractivity contribution is 6.06. The summed E-state index contributed by atoms with van der Waals surface area (Å²) in [6.07, 6.45) is 0. The number of rotatable bonds is 2. The van der Waals surface area contributed by atoms with Crippen LogP contribution in [0.5, 0.6) is 11.5 Å². The number of amides is 1. The molecule has 1 aliphatic heterocycles. The molecule has 0 unspecified atom stereocenters. The lowest BCUT2D eigenvalue weighted by molar-refractivity contribution is 0.102. The maximum Gasteiger partial charge on any atom is 0.272 e. The number of hydrogen-bond acceptors (Lipinski definition) is 3. The molecule has 5 nitrogen and oxygen atoms in total. The number of hydrogen-bond donors (Lipinski definition) is 2. The van der Waals surface area contributed by atoms with Crippen molar-refractivity contribution in [3.8, 4) is 11.5 Å². The molecule has 1 aliphatic rings. The molecule has 1 amide bonds. The Morgan fingerprint density at radius 2 is 1.95 bits per heavy atom. The summed E-state index contributed by atoms with van der Waals surface area (Å²) in [5, 5.41) is 3.87. The van der Waals surface area contributed by atoms with Gasteiger partial charge in [-0.15, -0.1) is 0 Å². The van der Waals surface area contributed by atoms with Crippen molar-refractivity contribution in [3.63, 3.8) is 0 Å². The summed E-state index contributed by atoms with van der Waals surface area (Å²) in [5.41, 5.74) is 3.30. The van der Waals surface area contributed by atoms with Crippen LogP contribution in [-0.2, 0) is 0 Å². The van der Waals surface area contributed by atoms with Crippen molar-refractivity contribution >= 4 is 22.5 Å². The number of aryl methyl sites for hydroxylation is 1. The normalized spacial score (nSPS) is 12.6. The molecule has 0 saturated heterocycles. The summed E-state index contributed by atoms with van der Waals surface area (Å²) < 4.78 is 10.6. The van der Waals surface area contributed by atoms with Crippen LogP contribution in [0.4, 0.5) is 5.69 Å². The summed E-state index contributed by atoms with van der Waals surface area (Å²) in [4.78, 5) is 15.5. The molecule has 4 rings (SSSR count). The zero-order valence-electron chi connectivity index (χ0n) is 12.0. The highest BCUT2D eigenvalue weighted by Gasteiger charge is 2.15. The molecule has 2 N–H and O–H groups in total. The molecule has 0 bridgehead atoms. The van der Waals surface area contributed by atoms with Gasteiger partial charge in [-0.1, -0.05) is 12.1 Å². The van der Waals surface area contributed by atoms with E-state index in [-0.39, 0.29) is 12.7 Å². The van der Waals surface area contributed by atoms with E-state index >= 15 is 0 Å². The highest BCUT2D eigenvalue weighted by atomic mass is 16.7. The van der Waals surface area contributed by atoms with E-state index in [1.807, 2.05) is 31.2 Å². The minimum Gasteiger partial charge on any atom is -0.454 e. The van der Waals surface area contributed by atoms with Gasteiger partial charge in [-0.3, -0.25) is 4.79 Å². The molecule has 110 valence electrons. The topological polar surface area (TPSA) is 63.4 Å². The van der Waals surface area contributed by atoms with Gasteiger partial charge in [0.05, 0.1) is 0 Å². The van der Waals surface area contributed by atoms with E-state index in [1.165, 1.54) is 0 Å². The first kappa shape index (κ1) is 12.8. The van der Waals surface area contributed by atoms with E-state index < -0.39 is 0 Å². The van der Waals surface area contributed by atoms with Gasteiger partial charge in [-0.2, -0.15) is 0 Å². The zero-order chi connectivity index (χ0) is 15.1. The second kappa shape index (κ2) is 4.80. The number of ether oxygens (including phenoxy) is 2. The lowest BCUT2D eigenvalue weighted by Crippen LogP contribution is -2.12. The number of carbonyl (C=O) groups is 1. The first-order chi connectivity index (χ1) is 10.7. The van der Waals surface area contributed by atoms with Gasteiger partial charge in [-0.05, 0) is 36.8 Å². The largest absolute Gasteiger partial charge is 0.454 e. The number of H-pyrrole nitrogens is 1. The number of nitrogens with one attached hydrogen (secondary N) is 2. The maximum atomic E-state index is 12.4. The lowest BCUT2D eigenvalue weighted by atomic mass is 10.2. The monoisotopic (exact) mass is 294 g/mol. The van der Waals surface area contributed by atoms with Gasteiger partial charge >= 0.3 is 0 Å². The van der Waals surface area contributed by atoms with Gasteiger partial charge in [0.25, 0.3) is 5.91 Å². The van der Waals surface area contributed by atoms with Crippen LogP contribution < -0.4 is 14.8 Å². The SMILES string of the molecule is Cc1ccc2cc(C(=O)Nc3ccc4c(c3)OCO4)[nH]c2c1. The average Bonchev–Trinajstić information content (AvgIpc) is 3.12. The minimum atomic E-state index is -0.187. The van der Waals surface area contributed by atoms with Crippen molar-refractivity contribution < 1.29 is 14.3 Å². The number of fused-ring (bicyclic) bond motifs is 2. The minimum absolute atomic E-state index is 0.187. The standard InChI is InChI=1S/C17H14N2O3/c1-10-2-3-11-7-14(19-13(11)6-10)17(20)18-12-4-5-15-16(8-12)22-9-21-15/h2-8,19H,9H2,1H3,(H,18,20). The number of aromatic nitrogens is 1. The highest BCUT2D eigenvalue weighted by Crippen LogP contribution is 2.34. The third-order valence-corrected chi connectivity index (χ3v) is 3.65. The van der Waals surface area contributed by atoms with Gasteiger partial charge in [0.2, 0.25) is 6.79 Å². The average molecular weight is 294 g/mol. The predicted octanol–water partition coefficient (Wildman–Crippen LogP) is 3.46. The fourth-order valence-corrected chi connectivity index (χ4v) is 2.54. The number of anilines is 1. The van der Waals surface area contributed by atoms with Crippen molar-refractivity contribution in [2.24, 2.45) is 0 Å². The molecule has 0 aliphatic carbocycles. The molecule has 22 heavy (non-hydrogen) atoms. The van der Waals surface area contributed by atoms with Crippen LogP contribution in [0.2, 0.25) is 0 Å². The Morgan fingerprint density at radius 1 is 1.09 bits per heavy atom. The summed E-state index contributed by atoms with van der Waals surface area (Å²) in [5.74, 6) is 1.15. The van der Waals surface area contributed by atoms with Gasteiger partial charge < -0.3 is 19.8 Å². The Labute approximate surface area is 126 Å². The van der Waals surface area contributed by atoms with Gasteiger partial charge in [0.15, 0.2) is 11.5 Å². The molecule has 0 atom stereocenters. The van der Waals surface area contributed by atoms with E-state index in [0.717, 1.165) is 16.5 Å². The van der Waals surface area contributed by atoms with Crippen LogP contribution in [-0.4, -0.2) is 17.7 Å². The van der Waals surface area contributed by atoms with Crippen molar-refractivity contribution in [3.05, 3.63) is 53.7 Å². The Hall–Kier alpha value is -2.95. The van der Waals surface area contributed by atoms with Crippen LogP contribution in [0, 0.1) is 6.92 Å². The van der Waals surface area contributed by atoms with Gasteiger partial charge in [-0.25, -0.2) is 0 Å². The molecule has 0 fully saturated rings. The molecule has 3 aromatic rings. The summed E-state index contributed by atoms with van der Waals surface area (Å²) in [6, 6.07) is 13.2. The Morgan fingerprint density at radius 3 is 2.86 bits per heavy atom. The van der Waals surface area contributed by atoms with Crippen molar-refractivity contribution in [2.75, 3.05) is 12.1 Å². The number of aromatic amines is 1. The predicted molar refractivity (Wildman–Crippen MR) is 83.6 cm³/mol. The first-order valence-electron chi connectivity index (χ1n) is 6.99. The number of carbonyl (C=O) groups excluding carboxylic acids is 1. The third-order valence-electron chi connectivity index (χ3n) is 3.65. The first-order valence-corrected chi connectivity index (χ1v) is 6.99. The second-order valence-electron chi connectivity index (χ2n) is 5.30. The van der Waals surface area contributed by atoms with E-state index in [4.69, 9.17) is 9.47 Å². The van der Waals surface area contributed by atoms with Crippen LogP contribution in [0.15, 0.2) is 42.5 Å². The summed E-state index contributed by atoms with van der Waals surface area (Å²) >= 11 is 0. The van der Waals surface area contributed by atoms with E-state index in [2.05, 4.69) is 10.3 Å². The van der Waals surface area contributed by atoms with Crippen molar-refractivity contribution in [2.45, 2.75) is 6.92 Å². The quantitative estimate of drug-likeness (QED) is 0.761. The van der Waals surface area contributed by atoms with Crippen LogP contribution in [0.1, 0.15) is 16.1 Å². The lowest BCUT2D eigenvalue weighted by Gasteiger charge is -2.04. The fourth-order valence-electron chi connectivity index (χ4n) is 2.54. The second-order valence-corrected chi connectivity index (χ2v) is 5.30. The van der Waals surface area contributed by atoms with Crippen molar-refractivity contribution in [1.29, 1.82) is 0 Å². The fraction of sp³-hybridized carbons (Fsp3) is 0.118.